The molecule has 3 aromatic rings. The third-order valence-electron chi connectivity index (χ3n) is 4.99. The topological polar surface area (TPSA) is 126 Å². The Bertz CT molecular complexity index is 1270. The number of aromatic amines is 1. The van der Waals surface area contributed by atoms with Gasteiger partial charge in [-0.05, 0) is 49.6 Å². The molecule has 0 saturated heterocycles. The summed E-state index contributed by atoms with van der Waals surface area (Å²) < 4.78 is 69.1. The lowest BCUT2D eigenvalue weighted by molar-refractivity contribution is -0.137. The fraction of sp³-hybridized carbons (Fsp3) is 0.263. The van der Waals surface area contributed by atoms with Gasteiger partial charge in [0.2, 0.25) is 21.9 Å². The van der Waals surface area contributed by atoms with E-state index in [0.29, 0.717) is 0 Å². The van der Waals surface area contributed by atoms with Gasteiger partial charge in [-0.1, -0.05) is 23.7 Å². The molecule has 1 aromatic heterocycles. The number of nitrogens with zero attached hydrogens (tertiary/aromatic N) is 2. The van der Waals surface area contributed by atoms with E-state index in [2.05, 4.69) is 25.2 Å². The predicted octanol–water partition coefficient (Wildman–Crippen LogP) is 4.30. The Balaban J connectivity index is 1.70. The highest BCUT2D eigenvalue weighted by Gasteiger charge is 2.41. The van der Waals surface area contributed by atoms with Gasteiger partial charge in [0.05, 0.1) is 15.5 Å². The van der Waals surface area contributed by atoms with Crippen molar-refractivity contribution in [3.63, 3.8) is 0 Å². The van der Waals surface area contributed by atoms with E-state index in [1.54, 1.807) is 6.92 Å². The summed E-state index contributed by atoms with van der Waals surface area (Å²) in [5.74, 6) is -0.0302. The van der Waals surface area contributed by atoms with Crippen molar-refractivity contribution in [2.75, 3.05) is 11.1 Å². The third kappa shape index (κ3) is 4.66. The number of H-pyrrole nitrogens is 1. The van der Waals surface area contributed by atoms with Crippen LogP contribution in [0.3, 0.4) is 0 Å². The fourth-order valence-corrected chi connectivity index (χ4v) is 4.92. The van der Waals surface area contributed by atoms with Crippen LogP contribution in [0.25, 0.3) is 11.1 Å². The zero-order chi connectivity index (χ0) is 23.3. The predicted molar refractivity (Wildman–Crippen MR) is 114 cm³/mol. The number of aromatic nitrogens is 3. The van der Waals surface area contributed by atoms with E-state index in [4.69, 9.17) is 17.3 Å². The Kier molecular flexibility index (Phi) is 5.34. The number of sulfonamides is 1. The van der Waals surface area contributed by atoms with E-state index in [-0.39, 0.29) is 38.6 Å². The van der Waals surface area contributed by atoms with Gasteiger partial charge in [-0.2, -0.15) is 18.2 Å². The van der Waals surface area contributed by atoms with Crippen molar-refractivity contribution in [3.8, 4) is 11.1 Å². The van der Waals surface area contributed by atoms with E-state index in [9.17, 15) is 21.6 Å². The molecule has 0 bridgehead atoms. The number of halogens is 4. The molecule has 1 fully saturated rings. The van der Waals surface area contributed by atoms with Gasteiger partial charge in [0.1, 0.15) is 0 Å². The number of benzene rings is 2. The van der Waals surface area contributed by atoms with Crippen LogP contribution in [0, 0.1) is 0 Å². The maximum atomic E-state index is 13.8. The molecule has 0 radical (unpaired) electrons. The molecule has 32 heavy (non-hydrogen) atoms. The molecule has 4 rings (SSSR count). The van der Waals surface area contributed by atoms with Crippen LogP contribution in [0.15, 0.2) is 41.3 Å². The standard InChI is InChI=1S/C19H18ClF3N6O2S/c1-18(6-7-18)29-32(30,31)12-4-2-10(3-5-12)15-13(19(21,22)23)8-11(9-14(15)20)25-17-26-16(24)27-28-17/h2-5,8-9,29H,6-7H2,1H3,(H4,24,25,26,27,28). The highest BCUT2D eigenvalue weighted by molar-refractivity contribution is 7.89. The number of anilines is 3. The minimum atomic E-state index is -4.73. The maximum Gasteiger partial charge on any atom is 0.417 e. The Hall–Kier alpha value is -2.83. The van der Waals surface area contributed by atoms with Crippen molar-refractivity contribution in [2.45, 2.75) is 36.4 Å². The number of nitrogens with two attached hydrogens (primary N) is 1. The molecule has 13 heteroatoms. The highest BCUT2D eigenvalue weighted by Crippen LogP contribution is 2.43. The van der Waals surface area contributed by atoms with Crippen LogP contribution in [-0.4, -0.2) is 29.1 Å². The van der Waals surface area contributed by atoms with Crippen LogP contribution in [-0.2, 0) is 16.2 Å². The molecule has 1 heterocycles. The first kappa shape index (κ1) is 22.4. The van der Waals surface area contributed by atoms with Crippen molar-refractivity contribution in [3.05, 3.63) is 47.0 Å². The van der Waals surface area contributed by atoms with E-state index in [0.717, 1.165) is 18.9 Å². The smallest absolute Gasteiger partial charge is 0.368 e. The monoisotopic (exact) mass is 486 g/mol. The lowest BCUT2D eigenvalue weighted by atomic mass is 9.98. The number of nitrogen functional groups attached to an aromatic ring is 1. The zero-order valence-electron chi connectivity index (χ0n) is 16.6. The number of hydrogen-bond donors (Lipinski definition) is 4. The minimum Gasteiger partial charge on any atom is -0.368 e. The second kappa shape index (κ2) is 7.64. The van der Waals surface area contributed by atoms with Crippen molar-refractivity contribution >= 4 is 39.2 Å². The summed E-state index contributed by atoms with van der Waals surface area (Å²) in [6.45, 7) is 1.79. The number of nitrogens with one attached hydrogen (secondary N) is 3. The lowest BCUT2D eigenvalue weighted by Gasteiger charge is -2.17. The van der Waals surface area contributed by atoms with Gasteiger partial charge < -0.3 is 11.1 Å². The lowest BCUT2D eigenvalue weighted by Crippen LogP contribution is -2.34. The van der Waals surface area contributed by atoms with Crippen molar-refractivity contribution in [2.24, 2.45) is 0 Å². The van der Waals surface area contributed by atoms with Crippen LogP contribution >= 0.6 is 11.6 Å². The van der Waals surface area contributed by atoms with Gasteiger partial charge in [-0.3, -0.25) is 0 Å². The normalized spacial score (nSPS) is 15.5. The van der Waals surface area contributed by atoms with E-state index in [1.807, 2.05) is 0 Å². The average Bonchev–Trinajstić information content (AvgIpc) is 3.26. The molecule has 0 spiro atoms. The quantitative estimate of drug-likeness (QED) is 0.411. The van der Waals surface area contributed by atoms with Gasteiger partial charge in [0, 0.05) is 16.8 Å². The molecule has 2 aromatic carbocycles. The van der Waals surface area contributed by atoms with Gasteiger partial charge in [-0.15, -0.1) is 5.10 Å². The molecular weight excluding hydrogens is 469 g/mol. The highest BCUT2D eigenvalue weighted by atomic mass is 35.5. The van der Waals surface area contributed by atoms with E-state index < -0.39 is 27.3 Å². The Morgan fingerprint density at radius 1 is 1.19 bits per heavy atom. The molecule has 0 atom stereocenters. The van der Waals surface area contributed by atoms with Gasteiger partial charge in [0.15, 0.2) is 0 Å². The summed E-state index contributed by atoms with van der Waals surface area (Å²) in [5.41, 5.74) is 3.79. The number of hydrogen-bond acceptors (Lipinski definition) is 6. The summed E-state index contributed by atoms with van der Waals surface area (Å²) in [5, 5.41) is 8.50. The second-order valence-corrected chi connectivity index (χ2v) is 9.83. The van der Waals surface area contributed by atoms with Gasteiger partial charge in [-0.25, -0.2) is 18.2 Å². The largest absolute Gasteiger partial charge is 0.417 e. The van der Waals surface area contributed by atoms with Crippen LogP contribution in [0.4, 0.5) is 30.8 Å². The van der Waals surface area contributed by atoms with Gasteiger partial charge in [0.25, 0.3) is 0 Å². The van der Waals surface area contributed by atoms with E-state index >= 15 is 0 Å². The van der Waals surface area contributed by atoms with Crippen LogP contribution in [0.1, 0.15) is 25.3 Å². The summed E-state index contributed by atoms with van der Waals surface area (Å²) >= 11 is 6.23. The third-order valence-corrected chi connectivity index (χ3v) is 6.94. The maximum absolute atomic E-state index is 13.8. The number of alkyl halides is 3. The van der Waals surface area contributed by atoms with Crippen LogP contribution in [0.5, 0.6) is 0 Å². The van der Waals surface area contributed by atoms with Crippen molar-refractivity contribution < 1.29 is 21.6 Å². The summed E-state index contributed by atoms with van der Waals surface area (Å²) in [7, 11) is -3.78. The molecular formula is C19H18ClF3N6O2S. The summed E-state index contributed by atoms with van der Waals surface area (Å²) in [6.07, 6.45) is -3.27. The molecule has 1 aliphatic carbocycles. The average molecular weight is 487 g/mol. The first-order valence-corrected chi connectivity index (χ1v) is 11.2. The summed E-state index contributed by atoms with van der Waals surface area (Å²) in [4.78, 5) is 3.74. The summed E-state index contributed by atoms with van der Waals surface area (Å²) in [6, 6.07) is 7.25. The molecule has 1 aliphatic rings. The molecule has 0 aliphatic heterocycles. The Morgan fingerprint density at radius 2 is 1.84 bits per heavy atom. The molecule has 5 N–H and O–H groups in total. The van der Waals surface area contributed by atoms with Crippen molar-refractivity contribution in [1.82, 2.24) is 19.9 Å². The van der Waals surface area contributed by atoms with Crippen LogP contribution in [0.2, 0.25) is 5.02 Å². The second-order valence-electron chi connectivity index (χ2n) is 7.74. The zero-order valence-corrected chi connectivity index (χ0v) is 18.2. The van der Waals surface area contributed by atoms with Crippen molar-refractivity contribution in [1.29, 1.82) is 0 Å². The SMILES string of the molecule is CC1(NS(=O)(=O)c2ccc(-c3c(Cl)cc(Nc4n[nH]c(N)n4)cc3C(F)(F)F)cc2)CC1. The molecule has 0 amide bonds. The Morgan fingerprint density at radius 3 is 2.38 bits per heavy atom. The number of rotatable bonds is 6. The Labute approximate surface area is 186 Å². The molecule has 1 saturated carbocycles. The first-order chi connectivity index (χ1) is 14.9. The van der Waals surface area contributed by atoms with Gasteiger partial charge >= 0.3 is 6.18 Å². The molecule has 8 nitrogen and oxygen atoms in total. The van der Waals surface area contributed by atoms with E-state index in [1.165, 1.54) is 30.3 Å². The molecule has 0 unspecified atom stereocenters. The van der Waals surface area contributed by atoms with Crippen LogP contribution < -0.4 is 15.8 Å². The fourth-order valence-electron chi connectivity index (χ4n) is 3.13. The first-order valence-electron chi connectivity index (χ1n) is 9.36. The minimum absolute atomic E-state index is 0.00569. The molecule has 170 valence electrons.